The smallest absolute Gasteiger partial charge is 0.281 e. The van der Waals surface area contributed by atoms with Crippen LogP contribution in [0.15, 0.2) is 75.4 Å². The monoisotopic (exact) mass is 1040 g/mol. The minimum atomic E-state index is -0.860. The molecule has 0 radical (unpaired) electrons. The Hall–Kier alpha value is -4.76. The molecule has 5 heterocycles. The molecule has 374 valence electrons. The van der Waals surface area contributed by atoms with Crippen LogP contribution in [0.25, 0.3) is 27.0 Å². The molecule has 71 heavy (non-hydrogen) atoms. The van der Waals surface area contributed by atoms with Crippen LogP contribution in [0.1, 0.15) is 151 Å². The highest BCUT2D eigenvalue weighted by Gasteiger charge is 2.59. The highest BCUT2D eigenvalue weighted by Crippen LogP contribution is 2.62. The summed E-state index contributed by atoms with van der Waals surface area (Å²) >= 11 is 5.24. The van der Waals surface area contributed by atoms with Crippen LogP contribution in [0.2, 0.25) is 0 Å². The SMILES string of the molecule is Cc1ncsc1-c1ccc([C@H](C)NC(=O)[C@@H]2C[C@@H](O)CN2C(=O)[C@@H](NC(=O)C23CCC(CN4CCC(c5ccc6c(c5)C5(CCCCC5)c5nc(=O)c7c(Br)cccc7n5-6)CC4)(CC2)C3)C(C)(C)C)cc1. The summed E-state index contributed by atoms with van der Waals surface area (Å²) in [7, 11) is 0. The number of nitrogens with zero attached hydrogens (tertiary/aromatic N) is 5. The molecular weight excluding hydrogens is 975 g/mol. The van der Waals surface area contributed by atoms with Crippen LogP contribution in [0.3, 0.4) is 0 Å². The molecule has 1 spiro atoms. The van der Waals surface area contributed by atoms with E-state index in [4.69, 9.17) is 4.98 Å². The van der Waals surface area contributed by atoms with E-state index in [9.17, 15) is 24.3 Å². The first-order valence-corrected chi connectivity index (χ1v) is 27.8. The number of likely N-dealkylation sites (tertiary alicyclic amines) is 2. The lowest BCUT2D eigenvalue weighted by molar-refractivity contribution is -0.145. The lowest BCUT2D eigenvalue weighted by Gasteiger charge is -2.38. The summed E-state index contributed by atoms with van der Waals surface area (Å²) in [5.41, 5.74) is 8.16. The molecule has 3 saturated carbocycles. The van der Waals surface area contributed by atoms with Crippen LogP contribution < -0.4 is 16.2 Å². The summed E-state index contributed by atoms with van der Waals surface area (Å²) < 4.78 is 3.06. The molecule has 0 unspecified atom stereocenters. The van der Waals surface area contributed by atoms with E-state index < -0.39 is 29.0 Å². The van der Waals surface area contributed by atoms with Gasteiger partial charge in [-0.25, -0.2) is 4.98 Å². The van der Waals surface area contributed by atoms with Gasteiger partial charge in [-0.05, 0) is 158 Å². The van der Waals surface area contributed by atoms with Gasteiger partial charge in [0.2, 0.25) is 17.7 Å². The highest BCUT2D eigenvalue weighted by molar-refractivity contribution is 9.10. The summed E-state index contributed by atoms with van der Waals surface area (Å²) in [6.07, 6.45) is 11.4. The molecule has 3 aliphatic carbocycles. The first-order valence-electron chi connectivity index (χ1n) is 26.2. The summed E-state index contributed by atoms with van der Waals surface area (Å²) in [6.45, 7) is 12.8. The van der Waals surface area contributed by atoms with Crippen LogP contribution in [0, 0.1) is 23.2 Å². The maximum absolute atomic E-state index is 14.6. The summed E-state index contributed by atoms with van der Waals surface area (Å²) in [5, 5.41) is 17.9. The van der Waals surface area contributed by atoms with Gasteiger partial charge in [0.25, 0.3) is 5.56 Å². The average Bonchev–Trinajstić information content (AvgIpc) is 4.19. The van der Waals surface area contributed by atoms with Crippen molar-refractivity contribution in [3.63, 3.8) is 0 Å². The van der Waals surface area contributed by atoms with Gasteiger partial charge in [-0.3, -0.25) is 23.7 Å². The Balaban J connectivity index is 0.730. The topological polar surface area (TPSA) is 150 Å². The Kier molecular flexibility index (Phi) is 12.5. The van der Waals surface area contributed by atoms with Gasteiger partial charge in [0.05, 0.1) is 50.2 Å². The molecule has 3 N–H and O–H groups in total. The largest absolute Gasteiger partial charge is 0.391 e. The number of hydrogen-bond donors (Lipinski definition) is 3. The number of halogens is 1. The number of benzene rings is 3. The van der Waals surface area contributed by atoms with E-state index in [0.717, 1.165) is 128 Å². The van der Waals surface area contributed by atoms with Crippen molar-refractivity contribution in [1.29, 1.82) is 0 Å². The molecule has 3 aromatic carbocycles. The van der Waals surface area contributed by atoms with Gasteiger partial charge in [-0.15, -0.1) is 11.3 Å². The number of aryl methyl sites for hydroxylation is 1. The molecule has 12 nitrogen and oxygen atoms in total. The number of fused-ring (bicyclic) bond motifs is 9. The van der Waals surface area contributed by atoms with Crippen LogP contribution in [-0.4, -0.2) is 91.5 Å². The standard InChI is InChI=1S/C57H68BrN7O5S/c1-34(36-12-14-38(15-13-36)47-35(2)59-33-71-47)60-49(67)45-29-40(66)30-64(45)51(69)48(54(3,4)5)61-53(70)56-24-22-55(31-56,23-25-56)32-63-26-18-37(19-27-63)39-16-17-43-41(28-39)57(20-7-6-8-21-57)52-62-50(68)46-42(58)10-9-11-44(46)65(43)52/h9-17,28,33-34,37,40,45,48,66H,6-8,18-27,29-32H2,1-5H3,(H,60,67)(H,61,70)/t34-,40+,45-,48+,55?,56?/m0/s1. The zero-order chi connectivity index (χ0) is 49.6. The molecule has 11 rings (SSSR count). The van der Waals surface area contributed by atoms with E-state index in [1.54, 1.807) is 11.3 Å². The van der Waals surface area contributed by atoms with Gasteiger partial charge in [0.15, 0.2) is 0 Å². The van der Waals surface area contributed by atoms with Crippen LogP contribution in [0.4, 0.5) is 0 Å². The predicted octanol–water partition coefficient (Wildman–Crippen LogP) is 9.64. The van der Waals surface area contributed by atoms with Crippen molar-refractivity contribution in [1.82, 2.24) is 35.0 Å². The van der Waals surface area contributed by atoms with Gasteiger partial charge >= 0.3 is 0 Å². The number of rotatable bonds is 10. The molecule has 6 aliphatic rings. The summed E-state index contributed by atoms with van der Waals surface area (Å²) in [5.74, 6) is 0.678. The number of aliphatic hydroxyl groups is 1. The number of carbonyl (C=O) groups is 3. The molecular formula is C57H68BrN7O5S. The Morgan fingerprint density at radius 2 is 1.68 bits per heavy atom. The first-order chi connectivity index (χ1) is 34.0. The van der Waals surface area contributed by atoms with E-state index >= 15 is 0 Å². The number of amides is 3. The number of β-amino-alcohol motifs (C(OH)–C–C–N with tert-alkyl or cyclic N) is 1. The van der Waals surface area contributed by atoms with Crippen LogP contribution in [-0.2, 0) is 19.8 Å². The maximum atomic E-state index is 14.6. The molecule has 2 aromatic heterocycles. The first kappa shape index (κ1) is 48.5. The molecule has 2 saturated heterocycles. The molecule has 4 atom stereocenters. The number of carbonyl (C=O) groups excluding carboxylic acids is 3. The molecule has 5 fully saturated rings. The minimum absolute atomic E-state index is 0.0404. The molecule has 14 heteroatoms. The predicted molar refractivity (Wildman–Crippen MR) is 282 cm³/mol. The molecule has 3 amide bonds. The van der Waals surface area contributed by atoms with Crippen molar-refractivity contribution in [2.45, 2.75) is 154 Å². The van der Waals surface area contributed by atoms with E-state index in [0.29, 0.717) is 11.3 Å². The highest BCUT2D eigenvalue weighted by atomic mass is 79.9. The zero-order valence-corrected chi connectivity index (χ0v) is 44.3. The van der Waals surface area contributed by atoms with Crippen molar-refractivity contribution in [3.05, 3.63) is 109 Å². The lowest BCUT2D eigenvalue weighted by Crippen LogP contribution is -2.59. The molecule has 2 bridgehead atoms. The second-order valence-corrected chi connectivity index (χ2v) is 25.1. The van der Waals surface area contributed by atoms with E-state index in [1.807, 2.05) is 76.5 Å². The quantitative estimate of drug-likeness (QED) is 0.125. The molecule has 3 aliphatic heterocycles. The zero-order valence-electron chi connectivity index (χ0n) is 41.9. The van der Waals surface area contributed by atoms with Gasteiger partial charge < -0.3 is 25.5 Å². The number of aliphatic hydroxyl groups excluding tert-OH is 1. The van der Waals surface area contributed by atoms with Gasteiger partial charge in [0, 0.05) is 29.4 Å². The average molecular weight is 1040 g/mol. The van der Waals surface area contributed by atoms with Crippen LogP contribution in [0.5, 0.6) is 0 Å². The van der Waals surface area contributed by atoms with Crippen molar-refractivity contribution in [3.8, 4) is 16.1 Å². The number of piperidine rings is 1. The fourth-order valence-electron chi connectivity index (χ4n) is 14.0. The second-order valence-electron chi connectivity index (χ2n) is 23.4. The second kappa shape index (κ2) is 18.3. The van der Waals surface area contributed by atoms with Crippen LogP contribution >= 0.6 is 27.3 Å². The minimum Gasteiger partial charge on any atom is -0.391 e. The Morgan fingerprint density at radius 1 is 0.944 bits per heavy atom. The van der Waals surface area contributed by atoms with Crippen molar-refractivity contribution < 1.29 is 19.5 Å². The lowest BCUT2D eigenvalue weighted by atomic mass is 9.69. The maximum Gasteiger partial charge on any atom is 0.281 e. The van der Waals surface area contributed by atoms with Gasteiger partial charge in [-0.2, -0.15) is 4.98 Å². The Bertz CT molecular complexity index is 2960. The molecule has 5 aromatic rings. The Labute approximate surface area is 429 Å². The van der Waals surface area contributed by atoms with Crippen molar-refractivity contribution in [2.75, 3.05) is 26.2 Å². The number of hydrogen-bond acceptors (Lipinski definition) is 9. The summed E-state index contributed by atoms with van der Waals surface area (Å²) in [4.78, 5) is 71.3. The third kappa shape index (κ3) is 8.50. The van der Waals surface area contributed by atoms with E-state index in [1.165, 1.54) is 28.1 Å². The van der Waals surface area contributed by atoms with Crippen molar-refractivity contribution >= 4 is 55.9 Å². The Morgan fingerprint density at radius 3 is 2.37 bits per heavy atom. The van der Waals surface area contributed by atoms with E-state index in [-0.39, 0.29) is 53.1 Å². The fourth-order valence-corrected chi connectivity index (χ4v) is 15.3. The van der Waals surface area contributed by atoms with E-state index in [2.05, 4.69) is 65.3 Å². The number of nitrogens with one attached hydrogen (secondary N) is 2. The van der Waals surface area contributed by atoms with Gasteiger partial charge in [0.1, 0.15) is 17.9 Å². The normalized spacial score (nSPS) is 25.9. The fraction of sp³-hybridized carbons (Fsp3) is 0.544. The van der Waals surface area contributed by atoms with Gasteiger partial charge in [-0.1, -0.05) is 82.5 Å². The number of aromatic nitrogens is 3. The summed E-state index contributed by atoms with van der Waals surface area (Å²) in [6, 6.07) is 19.2. The number of thiazole rings is 1. The third-order valence-corrected chi connectivity index (χ3v) is 19.5. The third-order valence-electron chi connectivity index (χ3n) is 17.9. The van der Waals surface area contributed by atoms with Crippen molar-refractivity contribution in [2.24, 2.45) is 16.2 Å².